The van der Waals surface area contributed by atoms with E-state index in [0.29, 0.717) is 13.1 Å². The number of halogens is 1. The van der Waals surface area contributed by atoms with Gasteiger partial charge in [0.05, 0.1) is 11.3 Å². The molecule has 0 aromatic heterocycles. The third-order valence-electron chi connectivity index (χ3n) is 3.86. The number of rotatable bonds is 2. The second kappa shape index (κ2) is 5.71. The van der Waals surface area contributed by atoms with E-state index in [1.807, 2.05) is 0 Å². The molecular weight excluding hydrogens is 275 g/mol. The molecule has 21 heavy (non-hydrogen) atoms. The minimum atomic E-state index is -1.20. The van der Waals surface area contributed by atoms with E-state index in [1.165, 1.54) is 0 Å². The topological polar surface area (TPSA) is 69.6 Å². The van der Waals surface area contributed by atoms with Gasteiger partial charge in [0, 0.05) is 13.1 Å². The number of urea groups is 1. The van der Waals surface area contributed by atoms with Gasteiger partial charge in [-0.2, -0.15) is 0 Å². The molecular formula is C15H19FN2O3. The quantitative estimate of drug-likeness (QED) is 0.880. The number of anilines is 1. The lowest BCUT2D eigenvalue weighted by molar-refractivity contribution is 0.0698. The third kappa shape index (κ3) is 3.71. The number of likely N-dealkylation sites (tertiary alicyclic amines) is 1. The van der Waals surface area contributed by atoms with Gasteiger partial charge in [-0.05, 0) is 36.5 Å². The maximum absolute atomic E-state index is 13.2. The largest absolute Gasteiger partial charge is 0.478 e. The minimum Gasteiger partial charge on any atom is -0.478 e. The highest BCUT2D eigenvalue weighted by atomic mass is 19.1. The Bertz CT molecular complexity index is 562. The molecule has 1 aromatic rings. The SMILES string of the molecule is CC1(C)CCN(C(=O)Nc2cc(F)ccc2C(=O)O)CC1. The van der Waals surface area contributed by atoms with Crippen LogP contribution in [0.25, 0.3) is 0 Å². The molecule has 1 aliphatic heterocycles. The lowest BCUT2D eigenvalue weighted by Gasteiger charge is -2.36. The van der Waals surface area contributed by atoms with Crippen LogP contribution in [-0.2, 0) is 0 Å². The first-order valence-corrected chi connectivity index (χ1v) is 6.87. The number of carbonyl (C=O) groups is 2. The van der Waals surface area contributed by atoms with E-state index >= 15 is 0 Å². The second-order valence-electron chi connectivity index (χ2n) is 6.08. The van der Waals surface area contributed by atoms with Crippen LogP contribution in [0.5, 0.6) is 0 Å². The molecule has 114 valence electrons. The number of carboxylic acid groups (broad SMARTS) is 1. The van der Waals surface area contributed by atoms with Crippen molar-refractivity contribution in [1.29, 1.82) is 0 Å². The van der Waals surface area contributed by atoms with E-state index in [1.54, 1.807) is 4.90 Å². The van der Waals surface area contributed by atoms with Crippen LogP contribution >= 0.6 is 0 Å². The van der Waals surface area contributed by atoms with Crippen LogP contribution in [0.4, 0.5) is 14.9 Å². The van der Waals surface area contributed by atoms with Gasteiger partial charge in [-0.25, -0.2) is 14.0 Å². The Labute approximate surface area is 122 Å². The second-order valence-corrected chi connectivity index (χ2v) is 6.08. The molecule has 1 heterocycles. The predicted octanol–water partition coefficient (Wildman–Crippen LogP) is 3.18. The number of benzene rings is 1. The number of carboxylic acids is 1. The van der Waals surface area contributed by atoms with Crippen molar-refractivity contribution >= 4 is 17.7 Å². The summed E-state index contributed by atoms with van der Waals surface area (Å²) in [5, 5.41) is 11.6. The molecule has 0 unspecified atom stereocenters. The van der Waals surface area contributed by atoms with Crippen LogP contribution < -0.4 is 5.32 Å². The third-order valence-corrected chi connectivity index (χ3v) is 3.86. The summed E-state index contributed by atoms with van der Waals surface area (Å²) in [7, 11) is 0. The van der Waals surface area contributed by atoms with Crippen molar-refractivity contribution in [2.45, 2.75) is 26.7 Å². The van der Waals surface area contributed by atoms with Crippen molar-refractivity contribution in [3.8, 4) is 0 Å². The summed E-state index contributed by atoms with van der Waals surface area (Å²) in [6, 6.07) is 2.84. The molecule has 6 heteroatoms. The van der Waals surface area contributed by atoms with Crippen molar-refractivity contribution in [1.82, 2.24) is 4.90 Å². The zero-order valence-corrected chi connectivity index (χ0v) is 12.1. The van der Waals surface area contributed by atoms with Crippen LogP contribution in [0, 0.1) is 11.2 Å². The molecule has 0 bridgehead atoms. The van der Waals surface area contributed by atoms with Crippen LogP contribution in [0.15, 0.2) is 18.2 Å². The molecule has 1 fully saturated rings. The standard InChI is InChI=1S/C15H19FN2O3/c1-15(2)5-7-18(8-6-15)14(21)17-12-9-10(16)3-4-11(12)13(19)20/h3-4,9H,5-8H2,1-2H3,(H,17,21)(H,19,20). The van der Waals surface area contributed by atoms with Gasteiger partial charge >= 0.3 is 12.0 Å². The van der Waals surface area contributed by atoms with E-state index in [2.05, 4.69) is 19.2 Å². The summed E-state index contributed by atoms with van der Waals surface area (Å²) in [5.74, 6) is -1.79. The molecule has 2 N–H and O–H groups in total. The fourth-order valence-electron chi connectivity index (χ4n) is 2.32. The molecule has 0 spiro atoms. The number of piperidine rings is 1. The summed E-state index contributed by atoms with van der Waals surface area (Å²) >= 11 is 0. The summed E-state index contributed by atoms with van der Waals surface area (Å²) in [5.41, 5.74) is 0.0708. The monoisotopic (exact) mass is 294 g/mol. The van der Waals surface area contributed by atoms with Gasteiger partial charge in [0.1, 0.15) is 5.82 Å². The Hall–Kier alpha value is -2.11. The highest BCUT2D eigenvalue weighted by Crippen LogP contribution is 2.30. The van der Waals surface area contributed by atoms with Gasteiger partial charge in [-0.3, -0.25) is 0 Å². The highest BCUT2D eigenvalue weighted by molar-refractivity contribution is 6.00. The van der Waals surface area contributed by atoms with Gasteiger partial charge in [0.25, 0.3) is 0 Å². The molecule has 0 radical (unpaired) electrons. The summed E-state index contributed by atoms with van der Waals surface area (Å²) < 4.78 is 13.2. The van der Waals surface area contributed by atoms with E-state index < -0.39 is 17.8 Å². The van der Waals surface area contributed by atoms with Gasteiger partial charge < -0.3 is 15.3 Å². The van der Waals surface area contributed by atoms with Crippen molar-refractivity contribution in [3.63, 3.8) is 0 Å². The maximum atomic E-state index is 13.2. The Morgan fingerprint density at radius 2 is 1.90 bits per heavy atom. The number of nitrogens with zero attached hydrogens (tertiary/aromatic N) is 1. The number of hydrogen-bond donors (Lipinski definition) is 2. The van der Waals surface area contributed by atoms with Crippen LogP contribution in [0.2, 0.25) is 0 Å². The number of nitrogens with one attached hydrogen (secondary N) is 1. The van der Waals surface area contributed by atoms with E-state index in [4.69, 9.17) is 5.11 Å². The average molecular weight is 294 g/mol. The first kappa shape index (κ1) is 15.3. The molecule has 0 atom stereocenters. The smallest absolute Gasteiger partial charge is 0.337 e. The fourth-order valence-corrected chi connectivity index (χ4v) is 2.32. The number of amides is 2. The first-order chi connectivity index (χ1) is 9.78. The lowest BCUT2D eigenvalue weighted by Crippen LogP contribution is -2.43. The van der Waals surface area contributed by atoms with E-state index in [-0.39, 0.29) is 16.7 Å². The average Bonchev–Trinajstić information content (AvgIpc) is 2.38. The highest BCUT2D eigenvalue weighted by Gasteiger charge is 2.28. The molecule has 0 saturated carbocycles. The van der Waals surface area contributed by atoms with Gasteiger partial charge in [-0.1, -0.05) is 13.8 Å². The Morgan fingerprint density at radius 1 is 1.29 bits per heavy atom. The zero-order valence-electron chi connectivity index (χ0n) is 12.1. The first-order valence-electron chi connectivity index (χ1n) is 6.87. The summed E-state index contributed by atoms with van der Waals surface area (Å²) in [6.45, 7) is 5.52. The molecule has 5 nitrogen and oxygen atoms in total. The molecule has 2 rings (SSSR count). The maximum Gasteiger partial charge on any atom is 0.337 e. The number of aromatic carboxylic acids is 1. The fraction of sp³-hybridized carbons (Fsp3) is 0.467. The normalized spacial score (nSPS) is 17.4. The predicted molar refractivity (Wildman–Crippen MR) is 77.0 cm³/mol. The molecule has 1 saturated heterocycles. The lowest BCUT2D eigenvalue weighted by atomic mass is 9.83. The van der Waals surface area contributed by atoms with Crippen molar-refractivity contribution < 1.29 is 19.1 Å². The van der Waals surface area contributed by atoms with Crippen LogP contribution in [0.1, 0.15) is 37.0 Å². The van der Waals surface area contributed by atoms with Crippen molar-refractivity contribution in [2.24, 2.45) is 5.41 Å². The molecule has 1 aliphatic rings. The van der Waals surface area contributed by atoms with Crippen molar-refractivity contribution in [2.75, 3.05) is 18.4 Å². The van der Waals surface area contributed by atoms with E-state index in [9.17, 15) is 14.0 Å². The van der Waals surface area contributed by atoms with Crippen LogP contribution in [-0.4, -0.2) is 35.1 Å². The number of carbonyl (C=O) groups excluding carboxylic acids is 1. The number of hydrogen-bond acceptors (Lipinski definition) is 2. The zero-order chi connectivity index (χ0) is 15.6. The summed E-state index contributed by atoms with van der Waals surface area (Å²) in [4.78, 5) is 24.9. The Morgan fingerprint density at radius 3 is 2.48 bits per heavy atom. The Kier molecular flexibility index (Phi) is 4.16. The van der Waals surface area contributed by atoms with Gasteiger partial charge in [0.15, 0.2) is 0 Å². The molecule has 1 aromatic carbocycles. The molecule has 0 aliphatic carbocycles. The van der Waals surface area contributed by atoms with Crippen molar-refractivity contribution in [3.05, 3.63) is 29.6 Å². The van der Waals surface area contributed by atoms with Gasteiger partial charge in [0.2, 0.25) is 0 Å². The van der Waals surface area contributed by atoms with Crippen LogP contribution in [0.3, 0.4) is 0 Å². The summed E-state index contributed by atoms with van der Waals surface area (Å²) in [6.07, 6.45) is 1.77. The van der Waals surface area contributed by atoms with E-state index in [0.717, 1.165) is 31.0 Å². The van der Waals surface area contributed by atoms with Gasteiger partial charge in [-0.15, -0.1) is 0 Å². The Balaban J connectivity index is 2.10. The minimum absolute atomic E-state index is 0.0164. The molecule has 2 amide bonds.